The topological polar surface area (TPSA) is 45.1 Å². The van der Waals surface area contributed by atoms with E-state index in [1.807, 2.05) is 12.1 Å². The van der Waals surface area contributed by atoms with Crippen LogP contribution in [0.4, 0.5) is 5.69 Å². The molecule has 3 nitrogen and oxygen atoms in total. The zero-order valence-corrected chi connectivity index (χ0v) is 13.3. The number of hydrogen-bond acceptors (Lipinski definition) is 3. The molecule has 2 aliphatic rings. The Hall–Kier alpha value is -1.06. The standard InChI is InChI=1S/C17H23ClN2O/c1-2-12-13(18)8-9-14(16(12)17(19)11-6-7-11)20-15-5-3-4-10-21-15/h8-9,11,15,19-20H,2-7,10H2,1H3. The lowest BCUT2D eigenvalue weighted by molar-refractivity contribution is 0.0343. The summed E-state index contributed by atoms with van der Waals surface area (Å²) in [7, 11) is 0. The Bertz CT molecular complexity index is 534. The Morgan fingerprint density at radius 1 is 1.33 bits per heavy atom. The average Bonchev–Trinajstić information content (AvgIpc) is 3.34. The quantitative estimate of drug-likeness (QED) is 0.780. The predicted molar refractivity (Wildman–Crippen MR) is 87.6 cm³/mol. The molecule has 1 aromatic carbocycles. The van der Waals surface area contributed by atoms with Crippen LogP contribution >= 0.6 is 11.6 Å². The molecule has 0 bridgehead atoms. The summed E-state index contributed by atoms with van der Waals surface area (Å²) in [5.74, 6) is 0.418. The van der Waals surface area contributed by atoms with Crippen molar-refractivity contribution in [1.82, 2.24) is 0 Å². The molecule has 1 atom stereocenters. The summed E-state index contributed by atoms with van der Waals surface area (Å²) in [6.07, 6.45) is 6.55. The molecule has 4 heteroatoms. The lowest BCUT2D eigenvalue weighted by Crippen LogP contribution is -2.28. The van der Waals surface area contributed by atoms with Crippen LogP contribution in [0.25, 0.3) is 0 Å². The first kappa shape index (κ1) is 14.9. The van der Waals surface area contributed by atoms with E-state index in [9.17, 15) is 0 Å². The minimum atomic E-state index is 0.0652. The van der Waals surface area contributed by atoms with Crippen LogP contribution < -0.4 is 5.32 Å². The molecular weight excluding hydrogens is 284 g/mol. The Kier molecular flexibility index (Phi) is 4.51. The van der Waals surface area contributed by atoms with Gasteiger partial charge >= 0.3 is 0 Å². The van der Waals surface area contributed by atoms with E-state index in [-0.39, 0.29) is 6.23 Å². The molecular formula is C17H23ClN2O. The molecule has 3 rings (SSSR count). The number of ether oxygens (including phenoxy) is 1. The highest BCUT2D eigenvalue weighted by atomic mass is 35.5. The van der Waals surface area contributed by atoms with Gasteiger partial charge in [-0.2, -0.15) is 0 Å². The molecule has 0 spiro atoms. The molecule has 1 heterocycles. The molecule has 2 N–H and O–H groups in total. The predicted octanol–water partition coefficient (Wildman–Crippen LogP) is 4.62. The van der Waals surface area contributed by atoms with Crippen molar-refractivity contribution >= 4 is 23.0 Å². The van der Waals surface area contributed by atoms with E-state index in [1.165, 1.54) is 6.42 Å². The van der Waals surface area contributed by atoms with E-state index < -0.39 is 0 Å². The van der Waals surface area contributed by atoms with Gasteiger partial charge in [0, 0.05) is 34.5 Å². The van der Waals surface area contributed by atoms with Crippen molar-refractivity contribution in [2.45, 2.75) is 51.7 Å². The molecule has 1 saturated heterocycles. The Morgan fingerprint density at radius 3 is 2.76 bits per heavy atom. The molecule has 1 aliphatic carbocycles. The van der Waals surface area contributed by atoms with Crippen LogP contribution in [0.2, 0.25) is 5.02 Å². The smallest absolute Gasteiger partial charge is 0.127 e. The second kappa shape index (κ2) is 6.37. The molecule has 1 saturated carbocycles. The van der Waals surface area contributed by atoms with Gasteiger partial charge in [0.1, 0.15) is 6.23 Å². The number of rotatable bonds is 5. The Morgan fingerprint density at radius 2 is 2.14 bits per heavy atom. The molecule has 21 heavy (non-hydrogen) atoms. The molecule has 1 aliphatic heterocycles. The highest BCUT2D eigenvalue weighted by Crippen LogP contribution is 2.38. The molecule has 0 aromatic heterocycles. The van der Waals surface area contributed by atoms with Gasteiger partial charge in [-0.25, -0.2) is 0 Å². The molecule has 1 aromatic rings. The minimum Gasteiger partial charge on any atom is -0.360 e. The van der Waals surface area contributed by atoms with Crippen LogP contribution in [-0.2, 0) is 11.2 Å². The van der Waals surface area contributed by atoms with Crippen molar-refractivity contribution in [3.8, 4) is 0 Å². The van der Waals surface area contributed by atoms with E-state index in [4.69, 9.17) is 21.7 Å². The summed E-state index contributed by atoms with van der Waals surface area (Å²) in [4.78, 5) is 0. The van der Waals surface area contributed by atoms with E-state index in [0.717, 1.165) is 66.3 Å². The van der Waals surface area contributed by atoms with E-state index in [1.54, 1.807) is 0 Å². The van der Waals surface area contributed by atoms with Gasteiger partial charge in [0.05, 0.1) is 0 Å². The van der Waals surface area contributed by atoms with Crippen molar-refractivity contribution in [2.75, 3.05) is 11.9 Å². The third-order valence-corrected chi connectivity index (χ3v) is 4.71. The Labute approximate surface area is 131 Å². The van der Waals surface area contributed by atoms with Crippen molar-refractivity contribution in [1.29, 1.82) is 5.41 Å². The van der Waals surface area contributed by atoms with Crippen LogP contribution in [0.15, 0.2) is 12.1 Å². The third kappa shape index (κ3) is 3.24. The fraction of sp³-hybridized carbons (Fsp3) is 0.588. The van der Waals surface area contributed by atoms with E-state index in [2.05, 4.69) is 12.2 Å². The van der Waals surface area contributed by atoms with Crippen LogP contribution in [-0.4, -0.2) is 18.5 Å². The van der Waals surface area contributed by atoms with Crippen LogP contribution in [0, 0.1) is 11.3 Å². The fourth-order valence-corrected chi connectivity index (χ4v) is 3.29. The average molecular weight is 307 g/mol. The number of benzene rings is 1. The summed E-state index contributed by atoms with van der Waals surface area (Å²) in [6.45, 7) is 2.92. The maximum Gasteiger partial charge on any atom is 0.127 e. The summed E-state index contributed by atoms with van der Waals surface area (Å²) < 4.78 is 5.78. The normalized spacial score (nSPS) is 22.1. The molecule has 0 amide bonds. The van der Waals surface area contributed by atoms with Gasteiger partial charge in [0.15, 0.2) is 0 Å². The number of halogens is 1. The van der Waals surface area contributed by atoms with Gasteiger partial charge in [-0.1, -0.05) is 18.5 Å². The van der Waals surface area contributed by atoms with Gasteiger partial charge in [0.2, 0.25) is 0 Å². The van der Waals surface area contributed by atoms with Crippen molar-refractivity contribution < 1.29 is 4.74 Å². The zero-order chi connectivity index (χ0) is 14.8. The van der Waals surface area contributed by atoms with E-state index >= 15 is 0 Å². The first-order valence-corrected chi connectivity index (χ1v) is 8.36. The van der Waals surface area contributed by atoms with Gasteiger partial charge < -0.3 is 15.5 Å². The van der Waals surface area contributed by atoms with E-state index in [0.29, 0.717) is 5.92 Å². The van der Waals surface area contributed by atoms with Crippen molar-refractivity contribution in [3.63, 3.8) is 0 Å². The van der Waals surface area contributed by atoms with Crippen molar-refractivity contribution in [2.24, 2.45) is 5.92 Å². The van der Waals surface area contributed by atoms with Gasteiger partial charge in [-0.15, -0.1) is 0 Å². The lowest BCUT2D eigenvalue weighted by Gasteiger charge is -2.27. The summed E-state index contributed by atoms with van der Waals surface area (Å²) in [5, 5.41) is 12.8. The third-order valence-electron chi connectivity index (χ3n) is 4.36. The fourth-order valence-electron chi connectivity index (χ4n) is 3.00. The maximum atomic E-state index is 8.51. The first-order chi connectivity index (χ1) is 10.2. The second-order valence-electron chi connectivity index (χ2n) is 5.99. The second-order valence-corrected chi connectivity index (χ2v) is 6.40. The highest BCUT2D eigenvalue weighted by Gasteiger charge is 2.31. The lowest BCUT2D eigenvalue weighted by atomic mass is 9.96. The largest absolute Gasteiger partial charge is 0.360 e. The van der Waals surface area contributed by atoms with Crippen LogP contribution in [0.3, 0.4) is 0 Å². The summed E-state index contributed by atoms with van der Waals surface area (Å²) in [5.41, 5.74) is 3.86. The number of anilines is 1. The SMILES string of the molecule is CCc1c(Cl)ccc(NC2CCCCO2)c1C(=N)C1CC1. The Balaban J connectivity index is 1.92. The monoisotopic (exact) mass is 306 g/mol. The molecule has 2 fully saturated rings. The first-order valence-electron chi connectivity index (χ1n) is 7.99. The van der Waals surface area contributed by atoms with Gasteiger partial charge in [-0.3, -0.25) is 0 Å². The van der Waals surface area contributed by atoms with Crippen molar-refractivity contribution in [3.05, 3.63) is 28.3 Å². The summed E-state index contributed by atoms with van der Waals surface area (Å²) >= 11 is 6.36. The number of nitrogens with one attached hydrogen (secondary N) is 2. The molecule has 0 radical (unpaired) electrons. The zero-order valence-electron chi connectivity index (χ0n) is 12.5. The van der Waals surface area contributed by atoms with Gasteiger partial charge in [0.25, 0.3) is 0 Å². The number of hydrogen-bond donors (Lipinski definition) is 2. The molecule has 1 unspecified atom stereocenters. The highest BCUT2D eigenvalue weighted by molar-refractivity contribution is 6.32. The maximum absolute atomic E-state index is 8.51. The van der Waals surface area contributed by atoms with Crippen LogP contribution in [0.1, 0.15) is 50.2 Å². The summed E-state index contributed by atoms with van der Waals surface area (Å²) in [6, 6.07) is 3.95. The van der Waals surface area contributed by atoms with Gasteiger partial charge in [-0.05, 0) is 56.2 Å². The minimum absolute atomic E-state index is 0.0652. The molecule has 114 valence electrons. The van der Waals surface area contributed by atoms with Crippen LogP contribution in [0.5, 0.6) is 0 Å².